The van der Waals surface area contributed by atoms with Gasteiger partial charge in [0.25, 0.3) is 11.5 Å². The molecule has 0 spiro atoms. The lowest BCUT2D eigenvalue weighted by Crippen LogP contribution is -2.17. The van der Waals surface area contributed by atoms with Gasteiger partial charge in [0.2, 0.25) is 5.69 Å². The number of ether oxygens (including phenoxy) is 1. The van der Waals surface area contributed by atoms with Gasteiger partial charge in [-0.2, -0.15) is 4.74 Å². The van der Waals surface area contributed by atoms with E-state index < -0.39 is 17.4 Å². The molecule has 0 aliphatic carbocycles. The first-order valence-electron chi connectivity index (χ1n) is 6.05. The molecule has 3 rings (SSSR count). The minimum Gasteiger partial charge on any atom is -0.618 e. The van der Waals surface area contributed by atoms with E-state index in [1.807, 2.05) is 0 Å². The lowest BCUT2D eigenvalue weighted by molar-refractivity contribution is -0.355. The fourth-order valence-corrected chi connectivity index (χ4v) is 2.36. The third kappa shape index (κ3) is 1.96. The Hall–Kier alpha value is -2.76. The van der Waals surface area contributed by atoms with Crippen molar-refractivity contribution >= 4 is 17.2 Å². The van der Waals surface area contributed by atoms with Crippen LogP contribution in [0.25, 0.3) is 0 Å². The van der Waals surface area contributed by atoms with Crippen molar-refractivity contribution in [1.29, 1.82) is 0 Å². The topological polar surface area (TPSA) is 52.4 Å². The van der Waals surface area contributed by atoms with E-state index in [1.165, 1.54) is 13.2 Å². The number of rotatable bonds is 2. The zero-order chi connectivity index (χ0) is 15.1. The van der Waals surface area contributed by atoms with Crippen LogP contribution in [0.5, 0.6) is 5.75 Å². The summed E-state index contributed by atoms with van der Waals surface area (Å²) in [4.78, 5) is 12.4. The predicted octanol–water partition coefficient (Wildman–Crippen LogP) is 2.80. The van der Waals surface area contributed by atoms with Gasteiger partial charge in [0.05, 0.1) is 12.7 Å². The molecule has 0 atom stereocenters. The van der Waals surface area contributed by atoms with Crippen LogP contribution in [0.1, 0.15) is 15.9 Å². The summed E-state index contributed by atoms with van der Waals surface area (Å²) in [5.41, 5.74) is -0.243. The van der Waals surface area contributed by atoms with Crippen molar-refractivity contribution < 1.29 is 23.1 Å². The highest BCUT2D eigenvalue weighted by Gasteiger charge is 2.39. The summed E-state index contributed by atoms with van der Waals surface area (Å²) >= 11 is 0. The maximum absolute atomic E-state index is 13.3. The molecule has 0 bridgehead atoms. The Morgan fingerprint density at radius 1 is 1.14 bits per heavy atom. The molecule has 0 saturated heterocycles. The monoisotopic (exact) mass is 289 g/mol. The van der Waals surface area contributed by atoms with E-state index in [9.17, 15) is 18.8 Å². The smallest absolute Gasteiger partial charge is 0.273 e. The van der Waals surface area contributed by atoms with Gasteiger partial charge in [0.15, 0.2) is 0 Å². The molecule has 1 aliphatic rings. The SMILES string of the molecule is COc1cccc2c1C(=O)C(c1cc(F)cc(F)c1)=[N+]2[O-]. The second-order valence-electron chi connectivity index (χ2n) is 4.48. The standard InChI is InChI=1S/C15H9F2NO3/c1-21-12-4-2-3-11-13(12)15(19)14(18(11)20)8-5-9(16)7-10(17)6-8/h2-7H,1H3. The van der Waals surface area contributed by atoms with Crippen LogP contribution in [-0.2, 0) is 0 Å². The normalized spacial score (nSPS) is 13.6. The van der Waals surface area contributed by atoms with Crippen molar-refractivity contribution in [2.24, 2.45) is 0 Å². The third-order valence-electron chi connectivity index (χ3n) is 3.22. The lowest BCUT2D eigenvalue weighted by Gasteiger charge is -2.03. The summed E-state index contributed by atoms with van der Waals surface area (Å²) in [6.45, 7) is 0. The van der Waals surface area contributed by atoms with Crippen LogP contribution in [0.2, 0.25) is 0 Å². The van der Waals surface area contributed by atoms with E-state index in [1.54, 1.807) is 12.1 Å². The van der Waals surface area contributed by atoms with Crippen LogP contribution in [0.3, 0.4) is 0 Å². The number of hydrogen-bond donors (Lipinski definition) is 0. The van der Waals surface area contributed by atoms with Crippen molar-refractivity contribution in [2.75, 3.05) is 7.11 Å². The number of carbonyl (C=O) groups is 1. The van der Waals surface area contributed by atoms with E-state index in [0.29, 0.717) is 10.8 Å². The lowest BCUT2D eigenvalue weighted by atomic mass is 10.0. The minimum absolute atomic E-state index is 0.0923. The van der Waals surface area contributed by atoms with Crippen LogP contribution in [0.4, 0.5) is 14.5 Å². The highest BCUT2D eigenvalue weighted by molar-refractivity contribution is 6.52. The number of Topliss-reactive ketones (excluding diaryl/α,β-unsaturated/α-hetero) is 1. The van der Waals surface area contributed by atoms with Crippen molar-refractivity contribution in [3.05, 3.63) is 64.4 Å². The van der Waals surface area contributed by atoms with Crippen LogP contribution in [0, 0.1) is 16.8 Å². The molecule has 106 valence electrons. The summed E-state index contributed by atoms with van der Waals surface area (Å²) in [6.07, 6.45) is 0. The Balaban J connectivity index is 2.22. The molecule has 6 heteroatoms. The molecule has 1 heterocycles. The van der Waals surface area contributed by atoms with Crippen LogP contribution in [0.15, 0.2) is 36.4 Å². The van der Waals surface area contributed by atoms with Gasteiger partial charge in [0.1, 0.15) is 22.9 Å². The molecule has 0 aromatic heterocycles. The Labute approximate surface area is 118 Å². The number of methoxy groups -OCH3 is 1. The Morgan fingerprint density at radius 2 is 1.81 bits per heavy atom. The fourth-order valence-electron chi connectivity index (χ4n) is 2.36. The van der Waals surface area contributed by atoms with Crippen molar-refractivity contribution in [1.82, 2.24) is 0 Å². The molecule has 0 unspecified atom stereocenters. The average Bonchev–Trinajstić information content (AvgIpc) is 2.70. The molecule has 21 heavy (non-hydrogen) atoms. The zero-order valence-corrected chi connectivity index (χ0v) is 10.9. The summed E-state index contributed by atoms with van der Waals surface area (Å²) in [6, 6.07) is 7.11. The number of hydrogen-bond acceptors (Lipinski definition) is 3. The maximum atomic E-state index is 13.3. The van der Waals surface area contributed by atoms with Gasteiger partial charge in [-0.1, -0.05) is 6.07 Å². The summed E-state index contributed by atoms with van der Waals surface area (Å²) in [7, 11) is 1.37. The predicted molar refractivity (Wildman–Crippen MR) is 71.1 cm³/mol. The fraction of sp³-hybridized carbons (Fsp3) is 0.0667. The third-order valence-corrected chi connectivity index (χ3v) is 3.22. The average molecular weight is 289 g/mol. The van der Waals surface area contributed by atoms with E-state index in [0.717, 1.165) is 12.1 Å². The van der Waals surface area contributed by atoms with Crippen LogP contribution >= 0.6 is 0 Å². The minimum atomic E-state index is -0.860. The second kappa shape index (κ2) is 4.66. The summed E-state index contributed by atoms with van der Waals surface area (Å²) < 4.78 is 32.0. The van der Waals surface area contributed by atoms with E-state index in [2.05, 4.69) is 0 Å². The molecule has 2 aromatic rings. The van der Waals surface area contributed by atoms with Gasteiger partial charge in [0, 0.05) is 12.1 Å². The van der Waals surface area contributed by atoms with Gasteiger partial charge >= 0.3 is 0 Å². The Bertz CT molecular complexity index is 779. The van der Waals surface area contributed by atoms with E-state index in [4.69, 9.17) is 4.74 Å². The largest absolute Gasteiger partial charge is 0.618 e. The number of halogens is 2. The first kappa shape index (κ1) is 13.2. The van der Waals surface area contributed by atoms with Crippen molar-refractivity contribution in [3.8, 4) is 5.75 Å². The van der Waals surface area contributed by atoms with Gasteiger partial charge in [-0.3, -0.25) is 4.79 Å². The number of carbonyl (C=O) groups excluding carboxylic acids is 1. The first-order chi connectivity index (χ1) is 10.0. The van der Waals surface area contributed by atoms with Gasteiger partial charge in [-0.05, 0) is 18.2 Å². The zero-order valence-electron chi connectivity index (χ0n) is 10.9. The quantitative estimate of drug-likeness (QED) is 0.631. The number of benzene rings is 2. The van der Waals surface area contributed by atoms with Crippen LogP contribution in [-0.4, -0.2) is 23.3 Å². The molecule has 4 nitrogen and oxygen atoms in total. The van der Waals surface area contributed by atoms with Gasteiger partial charge in [-0.25, -0.2) is 8.78 Å². The Kier molecular flexibility index (Phi) is 2.94. The second-order valence-corrected chi connectivity index (χ2v) is 4.48. The highest BCUT2D eigenvalue weighted by atomic mass is 19.1. The molecule has 2 aromatic carbocycles. The molecule has 0 amide bonds. The first-order valence-corrected chi connectivity index (χ1v) is 6.05. The number of ketones is 1. The van der Waals surface area contributed by atoms with Gasteiger partial charge in [-0.15, -0.1) is 0 Å². The molecule has 0 N–H and O–H groups in total. The van der Waals surface area contributed by atoms with Gasteiger partial charge < -0.3 is 9.94 Å². The van der Waals surface area contributed by atoms with Crippen molar-refractivity contribution in [2.45, 2.75) is 0 Å². The van der Waals surface area contributed by atoms with E-state index >= 15 is 0 Å². The highest BCUT2D eigenvalue weighted by Crippen LogP contribution is 2.34. The molecular formula is C15H9F2NO3. The van der Waals surface area contributed by atoms with E-state index in [-0.39, 0.29) is 28.3 Å². The van der Waals surface area contributed by atoms with Crippen molar-refractivity contribution in [3.63, 3.8) is 0 Å². The number of fused-ring (bicyclic) bond motifs is 1. The van der Waals surface area contributed by atoms with Crippen LogP contribution < -0.4 is 4.74 Å². The Morgan fingerprint density at radius 3 is 2.43 bits per heavy atom. The summed E-state index contributed by atoms with van der Waals surface area (Å²) in [5, 5.41) is 12.3. The molecule has 0 fully saturated rings. The maximum Gasteiger partial charge on any atom is 0.273 e. The molecule has 0 saturated carbocycles. The molecular weight excluding hydrogens is 280 g/mol. The molecule has 1 aliphatic heterocycles. The summed E-state index contributed by atoms with van der Waals surface area (Å²) in [5.74, 6) is -2.10. The molecule has 0 radical (unpaired) electrons. The number of nitrogens with zero attached hydrogens (tertiary/aromatic N) is 1.